The first kappa shape index (κ1) is 22.7. The van der Waals surface area contributed by atoms with E-state index < -0.39 is 0 Å². The first-order valence-electron chi connectivity index (χ1n) is 12.1. The van der Waals surface area contributed by atoms with E-state index in [-0.39, 0.29) is 0 Å². The summed E-state index contributed by atoms with van der Waals surface area (Å²) in [7, 11) is 0. The summed E-state index contributed by atoms with van der Waals surface area (Å²) in [6, 6.07) is 30.0. The number of hydrogen-bond donors (Lipinski definition) is 0. The van der Waals surface area contributed by atoms with E-state index in [0.717, 1.165) is 36.3 Å². The van der Waals surface area contributed by atoms with Gasteiger partial charge in [0.15, 0.2) is 0 Å². The van der Waals surface area contributed by atoms with Gasteiger partial charge in [0.05, 0.1) is 6.61 Å². The van der Waals surface area contributed by atoms with Crippen LogP contribution in [0.1, 0.15) is 56.2 Å². The van der Waals surface area contributed by atoms with Crippen molar-refractivity contribution < 1.29 is 4.74 Å². The maximum atomic E-state index is 5.82. The predicted molar refractivity (Wildman–Crippen MR) is 141 cm³/mol. The molecule has 0 aliphatic heterocycles. The summed E-state index contributed by atoms with van der Waals surface area (Å²) in [5.41, 5.74) is 5.84. The molecule has 1 heteroatoms. The maximum Gasteiger partial charge on any atom is 0.119 e. The first-order chi connectivity index (χ1) is 16.2. The zero-order valence-corrected chi connectivity index (χ0v) is 19.7. The van der Waals surface area contributed by atoms with Crippen molar-refractivity contribution in [3.63, 3.8) is 0 Å². The number of hydrogen-bond acceptors (Lipinski definition) is 1. The lowest BCUT2D eigenvalue weighted by Crippen LogP contribution is -1.96. The average Bonchev–Trinajstić information content (AvgIpc) is 2.86. The van der Waals surface area contributed by atoms with E-state index in [1.54, 1.807) is 0 Å². The van der Waals surface area contributed by atoms with Crippen molar-refractivity contribution in [3.8, 4) is 28.7 Å². The second-order valence-electron chi connectivity index (χ2n) is 8.55. The molecule has 1 nitrogen and oxygen atoms in total. The van der Waals surface area contributed by atoms with Gasteiger partial charge in [-0.25, -0.2) is 0 Å². The highest BCUT2D eigenvalue weighted by atomic mass is 16.5. The van der Waals surface area contributed by atoms with E-state index in [1.807, 2.05) is 0 Å². The molecule has 0 bridgehead atoms. The Hall–Kier alpha value is -3.50. The van der Waals surface area contributed by atoms with Crippen LogP contribution >= 0.6 is 0 Å². The van der Waals surface area contributed by atoms with E-state index in [4.69, 9.17) is 4.74 Å². The summed E-state index contributed by atoms with van der Waals surface area (Å²) in [6.45, 7) is 5.21. The molecule has 4 rings (SSSR count). The molecule has 4 aromatic carbocycles. The lowest BCUT2D eigenvalue weighted by Gasteiger charge is -2.07. The quantitative estimate of drug-likeness (QED) is 0.200. The zero-order valence-electron chi connectivity index (χ0n) is 19.7. The molecule has 0 fully saturated rings. The molecule has 0 aliphatic rings. The van der Waals surface area contributed by atoms with Gasteiger partial charge in [-0.05, 0) is 76.7 Å². The van der Waals surface area contributed by atoms with Gasteiger partial charge < -0.3 is 4.74 Å². The van der Waals surface area contributed by atoms with E-state index >= 15 is 0 Å². The Labute approximate surface area is 198 Å². The van der Waals surface area contributed by atoms with Gasteiger partial charge in [-0.3, -0.25) is 0 Å². The minimum Gasteiger partial charge on any atom is -0.494 e. The molecule has 166 valence electrons. The summed E-state index contributed by atoms with van der Waals surface area (Å²) in [5.74, 6) is 7.57. The highest BCUT2D eigenvalue weighted by Crippen LogP contribution is 2.23. The van der Waals surface area contributed by atoms with Crippen LogP contribution in [0, 0.1) is 11.8 Å². The van der Waals surface area contributed by atoms with Crippen LogP contribution in [0.3, 0.4) is 0 Å². The van der Waals surface area contributed by atoms with Gasteiger partial charge in [0.1, 0.15) is 5.75 Å². The molecule has 33 heavy (non-hydrogen) atoms. The summed E-state index contributed by atoms with van der Waals surface area (Å²) < 4.78 is 5.82. The fourth-order valence-electron chi connectivity index (χ4n) is 3.99. The number of fused-ring (bicyclic) bond motifs is 1. The van der Waals surface area contributed by atoms with Crippen LogP contribution in [-0.4, -0.2) is 6.61 Å². The Morgan fingerprint density at radius 3 is 1.97 bits per heavy atom. The van der Waals surface area contributed by atoms with E-state index in [1.165, 1.54) is 46.7 Å². The molecule has 0 atom stereocenters. The lowest BCUT2D eigenvalue weighted by molar-refractivity contribution is 0.306. The van der Waals surface area contributed by atoms with Crippen LogP contribution in [-0.2, 0) is 6.42 Å². The van der Waals surface area contributed by atoms with Crippen molar-refractivity contribution in [2.24, 2.45) is 0 Å². The van der Waals surface area contributed by atoms with Crippen LogP contribution < -0.4 is 4.74 Å². The van der Waals surface area contributed by atoms with Gasteiger partial charge in [0.25, 0.3) is 0 Å². The van der Waals surface area contributed by atoms with Crippen LogP contribution in [0.2, 0.25) is 0 Å². The van der Waals surface area contributed by atoms with Crippen LogP contribution in [0.4, 0.5) is 0 Å². The molecule has 4 aromatic rings. The summed E-state index contributed by atoms with van der Waals surface area (Å²) in [5, 5.41) is 2.53. The van der Waals surface area contributed by atoms with E-state index in [2.05, 4.69) is 111 Å². The minimum atomic E-state index is 0.789. The molecular formula is C32H32O. The van der Waals surface area contributed by atoms with Crippen molar-refractivity contribution in [2.75, 3.05) is 6.61 Å². The number of aryl methyl sites for hydroxylation is 1. The molecule has 0 amide bonds. The van der Waals surface area contributed by atoms with Gasteiger partial charge in [-0.15, -0.1) is 0 Å². The third-order valence-corrected chi connectivity index (χ3v) is 5.88. The van der Waals surface area contributed by atoms with Gasteiger partial charge >= 0.3 is 0 Å². The number of unbranched alkanes of at least 4 members (excludes halogenated alkanes) is 2. The molecule has 0 N–H and O–H groups in total. The van der Waals surface area contributed by atoms with Crippen molar-refractivity contribution >= 4 is 10.8 Å². The highest BCUT2D eigenvalue weighted by molar-refractivity contribution is 5.84. The summed E-state index contributed by atoms with van der Waals surface area (Å²) in [4.78, 5) is 0. The molecular weight excluding hydrogens is 400 g/mol. The van der Waals surface area contributed by atoms with Crippen molar-refractivity contribution in [1.29, 1.82) is 0 Å². The fourth-order valence-corrected chi connectivity index (χ4v) is 3.99. The molecule has 0 unspecified atom stereocenters. The average molecular weight is 433 g/mol. The largest absolute Gasteiger partial charge is 0.494 e. The van der Waals surface area contributed by atoms with Gasteiger partial charge in [0.2, 0.25) is 0 Å². The number of ether oxygens (including phenoxy) is 1. The summed E-state index contributed by atoms with van der Waals surface area (Å²) in [6.07, 6.45) is 5.84. The van der Waals surface area contributed by atoms with Crippen molar-refractivity contribution in [3.05, 3.63) is 102 Å². The van der Waals surface area contributed by atoms with Crippen molar-refractivity contribution in [1.82, 2.24) is 0 Å². The third-order valence-electron chi connectivity index (χ3n) is 5.88. The number of rotatable bonds is 8. The van der Waals surface area contributed by atoms with Gasteiger partial charge in [-0.1, -0.05) is 93.5 Å². The Kier molecular flexibility index (Phi) is 7.83. The molecule has 0 radical (unpaired) electrons. The number of benzene rings is 4. The Morgan fingerprint density at radius 1 is 0.606 bits per heavy atom. The molecule has 0 aliphatic carbocycles. The van der Waals surface area contributed by atoms with Gasteiger partial charge in [-0.2, -0.15) is 0 Å². The first-order valence-corrected chi connectivity index (χ1v) is 12.1. The SMILES string of the molecule is CCCCCOc1ccc(-c2ccc(C#Cc3ccc4cc(CCC)ccc4c3)cc2)cc1. The van der Waals surface area contributed by atoms with Crippen molar-refractivity contribution in [2.45, 2.75) is 46.0 Å². The smallest absolute Gasteiger partial charge is 0.119 e. The monoisotopic (exact) mass is 432 g/mol. The zero-order chi connectivity index (χ0) is 22.9. The fraction of sp³-hybridized carbons (Fsp3) is 0.250. The minimum absolute atomic E-state index is 0.789. The van der Waals surface area contributed by atoms with Gasteiger partial charge in [0, 0.05) is 11.1 Å². The van der Waals surface area contributed by atoms with Crippen LogP contribution in [0.5, 0.6) is 5.75 Å². The summed E-state index contributed by atoms with van der Waals surface area (Å²) >= 11 is 0. The standard InChI is InChI=1S/C32H32O/c1-3-5-6-22-33-32-20-18-29(19-21-32)28-14-10-25(11-15-28)8-9-27-13-17-30-23-26(7-4-2)12-16-31(30)24-27/h10-21,23-24H,3-7,22H2,1-2H3. The molecule has 0 spiro atoms. The molecule has 0 saturated heterocycles. The highest BCUT2D eigenvalue weighted by Gasteiger charge is 2.00. The van der Waals surface area contributed by atoms with E-state index in [9.17, 15) is 0 Å². The second kappa shape index (κ2) is 11.4. The Bertz CT molecular complexity index is 1240. The normalized spacial score (nSPS) is 10.6. The molecule has 0 heterocycles. The third kappa shape index (κ3) is 6.27. The lowest BCUT2D eigenvalue weighted by atomic mass is 10.0. The Balaban J connectivity index is 1.41. The van der Waals surface area contributed by atoms with Crippen LogP contribution in [0.25, 0.3) is 21.9 Å². The van der Waals surface area contributed by atoms with E-state index in [0.29, 0.717) is 0 Å². The van der Waals surface area contributed by atoms with Crippen LogP contribution in [0.15, 0.2) is 84.9 Å². The Morgan fingerprint density at radius 2 is 1.24 bits per heavy atom. The maximum absolute atomic E-state index is 5.82. The predicted octanol–water partition coefficient (Wildman–Crippen LogP) is 8.43. The second-order valence-corrected chi connectivity index (χ2v) is 8.55. The topological polar surface area (TPSA) is 9.23 Å². The molecule has 0 saturated carbocycles. The molecule has 0 aromatic heterocycles.